The summed E-state index contributed by atoms with van der Waals surface area (Å²) in [6.45, 7) is 2.06. The van der Waals surface area contributed by atoms with Crippen molar-refractivity contribution in [2.24, 2.45) is 11.4 Å². The van der Waals surface area contributed by atoms with E-state index in [4.69, 9.17) is 5.50 Å². The summed E-state index contributed by atoms with van der Waals surface area (Å²) in [6, 6.07) is 9.42. The number of pyridine rings is 1. The van der Waals surface area contributed by atoms with Crippen molar-refractivity contribution in [3.63, 3.8) is 0 Å². The first-order chi connectivity index (χ1) is 10.4. The van der Waals surface area contributed by atoms with Crippen LogP contribution in [0.3, 0.4) is 0 Å². The van der Waals surface area contributed by atoms with Crippen LogP contribution < -0.4 is 10.8 Å². The lowest BCUT2D eigenvalue weighted by Crippen LogP contribution is -2.10. The third-order valence-electron chi connectivity index (χ3n) is 4.35. The van der Waals surface area contributed by atoms with Gasteiger partial charge in [-0.15, -0.1) is 0 Å². The summed E-state index contributed by atoms with van der Waals surface area (Å²) in [5, 5.41) is 0.319. The molecule has 1 heterocycles. The predicted octanol–water partition coefficient (Wildman–Crippen LogP) is 2.90. The van der Waals surface area contributed by atoms with E-state index in [0.29, 0.717) is 17.1 Å². The number of aromatic nitrogens is 1. The normalized spacial score (nSPS) is 23.0. The van der Waals surface area contributed by atoms with Gasteiger partial charge in [-0.2, -0.15) is 0 Å². The van der Waals surface area contributed by atoms with Crippen molar-refractivity contribution in [2.45, 2.75) is 32.1 Å². The summed E-state index contributed by atoms with van der Waals surface area (Å²) in [6.07, 6.45) is 7.23. The lowest BCUT2D eigenvalue weighted by molar-refractivity contribution is 0.491. The standard InChI is InChI=1S/C17H21N2O2P/c1-12-8-13(11-19-10-12)2-3-15-9-17(15)14-4-6-16(7-5-14)22(18,20)21/h4-8,10-11,15,17H,2-3,9H2,1H3,(H3,18,20,21). The molecule has 1 aromatic heterocycles. The second-order valence-electron chi connectivity index (χ2n) is 6.23. The van der Waals surface area contributed by atoms with Crippen molar-refractivity contribution in [1.29, 1.82) is 0 Å². The topological polar surface area (TPSA) is 76.2 Å². The maximum Gasteiger partial charge on any atom is 0.294 e. The maximum atomic E-state index is 11.4. The average molecular weight is 316 g/mol. The Morgan fingerprint density at radius 1 is 1.32 bits per heavy atom. The first-order valence-electron chi connectivity index (χ1n) is 7.56. The molecule has 22 heavy (non-hydrogen) atoms. The number of hydrogen-bond acceptors (Lipinski definition) is 2. The Morgan fingerprint density at radius 2 is 2.05 bits per heavy atom. The molecule has 0 spiro atoms. The van der Waals surface area contributed by atoms with E-state index in [1.165, 1.54) is 23.1 Å². The molecule has 3 unspecified atom stereocenters. The van der Waals surface area contributed by atoms with Crippen molar-refractivity contribution in [3.8, 4) is 0 Å². The highest BCUT2D eigenvalue weighted by Crippen LogP contribution is 2.50. The van der Waals surface area contributed by atoms with Crippen molar-refractivity contribution in [1.82, 2.24) is 4.98 Å². The molecule has 0 aliphatic heterocycles. The van der Waals surface area contributed by atoms with Gasteiger partial charge in [-0.25, -0.2) is 0 Å². The molecule has 0 bridgehead atoms. The van der Waals surface area contributed by atoms with Crippen molar-refractivity contribution in [2.75, 3.05) is 0 Å². The highest BCUT2D eigenvalue weighted by molar-refractivity contribution is 7.63. The van der Waals surface area contributed by atoms with Crippen LogP contribution >= 0.6 is 7.52 Å². The zero-order chi connectivity index (χ0) is 15.7. The summed E-state index contributed by atoms with van der Waals surface area (Å²) in [5.74, 6) is 1.27. The number of benzene rings is 1. The van der Waals surface area contributed by atoms with Crippen LogP contribution in [0.1, 0.15) is 35.4 Å². The van der Waals surface area contributed by atoms with E-state index in [1.807, 2.05) is 24.5 Å². The van der Waals surface area contributed by atoms with Crippen LogP contribution in [0.25, 0.3) is 0 Å². The number of aryl methyl sites for hydroxylation is 2. The van der Waals surface area contributed by atoms with E-state index in [1.54, 1.807) is 12.1 Å². The summed E-state index contributed by atoms with van der Waals surface area (Å²) in [5.41, 5.74) is 9.00. The lowest BCUT2D eigenvalue weighted by atomic mass is 10.0. The zero-order valence-electron chi connectivity index (χ0n) is 12.6. The molecule has 1 aromatic carbocycles. The first-order valence-corrected chi connectivity index (χ1v) is 9.29. The molecule has 1 saturated carbocycles. The number of rotatable bonds is 5. The monoisotopic (exact) mass is 316 g/mol. The molecule has 0 amide bonds. The minimum absolute atomic E-state index is 0.319. The molecule has 3 N–H and O–H groups in total. The molecule has 1 aliphatic rings. The second-order valence-corrected chi connectivity index (χ2v) is 7.99. The maximum absolute atomic E-state index is 11.4. The van der Waals surface area contributed by atoms with Gasteiger partial charge < -0.3 is 4.89 Å². The SMILES string of the molecule is Cc1cncc(CCC2CC2c2ccc(P(N)(=O)O)cc2)c1. The molecular weight excluding hydrogens is 295 g/mol. The van der Waals surface area contributed by atoms with Crippen LogP contribution in [0, 0.1) is 12.8 Å². The van der Waals surface area contributed by atoms with Crippen molar-refractivity contribution < 1.29 is 9.46 Å². The molecule has 1 aliphatic carbocycles. The minimum Gasteiger partial charge on any atom is -0.330 e. The highest BCUT2D eigenvalue weighted by Gasteiger charge is 2.37. The van der Waals surface area contributed by atoms with Crippen molar-refractivity contribution >= 4 is 12.8 Å². The molecule has 5 heteroatoms. The fraction of sp³-hybridized carbons (Fsp3) is 0.353. The largest absolute Gasteiger partial charge is 0.330 e. The van der Waals surface area contributed by atoms with E-state index in [2.05, 4.69) is 18.0 Å². The van der Waals surface area contributed by atoms with E-state index in [-0.39, 0.29) is 0 Å². The van der Waals surface area contributed by atoms with Gasteiger partial charge >= 0.3 is 0 Å². The van der Waals surface area contributed by atoms with E-state index in [9.17, 15) is 9.46 Å². The second kappa shape index (κ2) is 5.96. The lowest BCUT2D eigenvalue weighted by Gasteiger charge is -2.07. The van der Waals surface area contributed by atoms with Crippen LogP contribution in [0.5, 0.6) is 0 Å². The van der Waals surface area contributed by atoms with Gasteiger partial charge in [0.15, 0.2) is 0 Å². The van der Waals surface area contributed by atoms with Crippen LogP contribution in [-0.4, -0.2) is 9.88 Å². The molecule has 0 saturated heterocycles. The quantitative estimate of drug-likeness (QED) is 0.832. The van der Waals surface area contributed by atoms with E-state index >= 15 is 0 Å². The Balaban J connectivity index is 1.57. The molecule has 3 atom stereocenters. The van der Waals surface area contributed by atoms with Gasteiger partial charge in [0.25, 0.3) is 7.52 Å². The third kappa shape index (κ3) is 3.64. The van der Waals surface area contributed by atoms with Crippen LogP contribution in [0.15, 0.2) is 42.7 Å². The molecule has 1 fully saturated rings. The van der Waals surface area contributed by atoms with Gasteiger partial charge in [-0.05, 0) is 66.8 Å². The molecule has 116 valence electrons. The summed E-state index contributed by atoms with van der Waals surface area (Å²) in [4.78, 5) is 13.6. The van der Waals surface area contributed by atoms with Crippen molar-refractivity contribution in [3.05, 3.63) is 59.4 Å². The Bertz CT molecular complexity index is 709. The Morgan fingerprint density at radius 3 is 2.68 bits per heavy atom. The molecular formula is C17H21N2O2P. The molecule has 4 nitrogen and oxygen atoms in total. The predicted molar refractivity (Wildman–Crippen MR) is 88.2 cm³/mol. The average Bonchev–Trinajstić information content (AvgIpc) is 3.24. The summed E-state index contributed by atoms with van der Waals surface area (Å²) in [7, 11) is -3.63. The highest BCUT2D eigenvalue weighted by atomic mass is 31.2. The van der Waals surface area contributed by atoms with Gasteiger partial charge in [-0.1, -0.05) is 18.2 Å². The summed E-state index contributed by atoms with van der Waals surface area (Å²) < 4.78 is 11.4. The minimum atomic E-state index is -3.63. The van der Waals surface area contributed by atoms with Crippen LogP contribution in [0.4, 0.5) is 0 Å². The zero-order valence-corrected chi connectivity index (χ0v) is 13.5. The number of nitrogens with zero attached hydrogens (tertiary/aromatic N) is 1. The van der Waals surface area contributed by atoms with Gasteiger partial charge in [0, 0.05) is 12.4 Å². The van der Waals surface area contributed by atoms with Gasteiger partial charge in [-0.3, -0.25) is 15.1 Å². The number of hydrogen-bond donors (Lipinski definition) is 2. The van der Waals surface area contributed by atoms with Crippen LogP contribution in [0.2, 0.25) is 0 Å². The van der Waals surface area contributed by atoms with Gasteiger partial charge in [0.2, 0.25) is 0 Å². The Labute approximate surface area is 130 Å². The Kier molecular flexibility index (Phi) is 4.18. The molecule has 2 aromatic rings. The van der Waals surface area contributed by atoms with Gasteiger partial charge in [0.05, 0.1) is 5.30 Å². The van der Waals surface area contributed by atoms with E-state index in [0.717, 1.165) is 12.8 Å². The molecule has 3 rings (SSSR count). The smallest absolute Gasteiger partial charge is 0.294 e. The summed E-state index contributed by atoms with van der Waals surface area (Å²) >= 11 is 0. The first kappa shape index (κ1) is 15.4. The number of nitrogens with two attached hydrogens (primary N) is 1. The van der Waals surface area contributed by atoms with Crippen LogP contribution in [-0.2, 0) is 11.0 Å². The fourth-order valence-electron chi connectivity index (χ4n) is 3.02. The van der Waals surface area contributed by atoms with Gasteiger partial charge in [0.1, 0.15) is 0 Å². The Hall–Kier alpha value is -1.48. The fourth-order valence-corrected chi connectivity index (χ4v) is 3.59. The third-order valence-corrected chi connectivity index (χ3v) is 5.39. The van der Waals surface area contributed by atoms with E-state index < -0.39 is 7.52 Å². The molecule has 0 radical (unpaired) electrons.